The van der Waals surface area contributed by atoms with E-state index in [4.69, 9.17) is 12.2 Å². The summed E-state index contributed by atoms with van der Waals surface area (Å²) in [4.78, 5) is 0. The molecule has 3 nitrogen and oxygen atoms in total. The molecule has 4 heteroatoms. The van der Waals surface area contributed by atoms with Crippen LogP contribution in [-0.4, -0.2) is 28.4 Å². The van der Waals surface area contributed by atoms with Crippen molar-refractivity contribution in [3.8, 4) is 0 Å². The number of nitrogens with one attached hydrogen (secondary N) is 2. The Labute approximate surface area is 115 Å². The van der Waals surface area contributed by atoms with Gasteiger partial charge in [0.05, 0.1) is 6.10 Å². The Kier molecular flexibility index (Phi) is 3.76. The molecule has 0 heterocycles. The first-order valence-electron chi connectivity index (χ1n) is 7.46. The Hall–Kier alpha value is -0.350. The molecule has 0 aliphatic heterocycles. The van der Waals surface area contributed by atoms with Crippen molar-refractivity contribution < 1.29 is 5.11 Å². The van der Waals surface area contributed by atoms with E-state index in [2.05, 4.69) is 10.6 Å². The summed E-state index contributed by atoms with van der Waals surface area (Å²) in [5.74, 6) is 1.82. The second-order valence-electron chi connectivity index (χ2n) is 6.40. The molecule has 102 valence electrons. The standard InChI is InChI=1S/C14H24N2OS/c17-12-5-3-11(4-6-12)15-14(18)16-13-8-9-1-2-10(13)7-9/h9-13,17H,1-8H2,(H2,15,16,18)/t9-,10+,11?,12?,13-/m1/s1. The van der Waals surface area contributed by atoms with E-state index >= 15 is 0 Å². The molecule has 18 heavy (non-hydrogen) atoms. The summed E-state index contributed by atoms with van der Waals surface area (Å²) >= 11 is 5.43. The van der Waals surface area contributed by atoms with Crippen LogP contribution in [0.1, 0.15) is 51.4 Å². The van der Waals surface area contributed by atoms with Crippen LogP contribution >= 0.6 is 12.2 Å². The molecule has 3 fully saturated rings. The Morgan fingerprint density at radius 2 is 1.72 bits per heavy atom. The molecule has 0 unspecified atom stereocenters. The van der Waals surface area contributed by atoms with Crippen LogP contribution in [-0.2, 0) is 0 Å². The van der Waals surface area contributed by atoms with Gasteiger partial charge in [-0.1, -0.05) is 6.42 Å². The Balaban J connectivity index is 1.42. The van der Waals surface area contributed by atoms with Crippen LogP contribution < -0.4 is 10.6 Å². The lowest BCUT2D eigenvalue weighted by Crippen LogP contribution is -2.48. The van der Waals surface area contributed by atoms with Crippen molar-refractivity contribution in [2.24, 2.45) is 11.8 Å². The quantitative estimate of drug-likeness (QED) is 0.670. The molecule has 0 aromatic heterocycles. The largest absolute Gasteiger partial charge is 0.393 e. The van der Waals surface area contributed by atoms with Gasteiger partial charge < -0.3 is 15.7 Å². The third-order valence-electron chi connectivity index (χ3n) is 5.09. The molecular weight excluding hydrogens is 244 g/mol. The first-order valence-corrected chi connectivity index (χ1v) is 7.86. The second kappa shape index (κ2) is 5.33. The summed E-state index contributed by atoms with van der Waals surface area (Å²) < 4.78 is 0. The van der Waals surface area contributed by atoms with Crippen molar-refractivity contribution in [2.45, 2.75) is 69.6 Å². The zero-order valence-corrected chi connectivity index (χ0v) is 11.7. The molecular formula is C14H24N2OS. The number of rotatable bonds is 2. The zero-order valence-electron chi connectivity index (χ0n) is 10.9. The third-order valence-corrected chi connectivity index (χ3v) is 5.32. The molecule has 3 N–H and O–H groups in total. The van der Waals surface area contributed by atoms with Gasteiger partial charge in [0.2, 0.25) is 0 Å². The van der Waals surface area contributed by atoms with Crippen LogP contribution in [0.15, 0.2) is 0 Å². The van der Waals surface area contributed by atoms with Crippen molar-refractivity contribution in [1.29, 1.82) is 0 Å². The predicted octanol–water partition coefficient (Wildman–Crippen LogP) is 1.94. The molecule has 2 bridgehead atoms. The van der Waals surface area contributed by atoms with Gasteiger partial charge in [-0.3, -0.25) is 0 Å². The molecule has 0 saturated heterocycles. The van der Waals surface area contributed by atoms with E-state index in [9.17, 15) is 5.11 Å². The molecule has 3 atom stereocenters. The van der Waals surface area contributed by atoms with Gasteiger partial charge in [-0.05, 0) is 69.0 Å². The minimum Gasteiger partial charge on any atom is -0.393 e. The van der Waals surface area contributed by atoms with Crippen molar-refractivity contribution in [3.63, 3.8) is 0 Å². The van der Waals surface area contributed by atoms with E-state index in [1.165, 1.54) is 25.7 Å². The first kappa shape index (κ1) is 12.7. The fourth-order valence-electron chi connectivity index (χ4n) is 4.04. The van der Waals surface area contributed by atoms with Gasteiger partial charge in [0.1, 0.15) is 0 Å². The average Bonchev–Trinajstić information content (AvgIpc) is 2.94. The van der Waals surface area contributed by atoms with Crippen LogP contribution in [0.4, 0.5) is 0 Å². The molecule has 0 amide bonds. The van der Waals surface area contributed by atoms with E-state index in [0.717, 1.165) is 42.6 Å². The monoisotopic (exact) mass is 268 g/mol. The van der Waals surface area contributed by atoms with Gasteiger partial charge in [0.15, 0.2) is 5.11 Å². The Bertz CT molecular complexity index is 315. The van der Waals surface area contributed by atoms with Crippen LogP contribution in [0.5, 0.6) is 0 Å². The summed E-state index contributed by atoms with van der Waals surface area (Å²) in [6.07, 6.45) is 9.37. The van der Waals surface area contributed by atoms with Crippen LogP contribution in [0, 0.1) is 11.8 Å². The smallest absolute Gasteiger partial charge is 0.166 e. The fraction of sp³-hybridized carbons (Fsp3) is 0.929. The Morgan fingerprint density at radius 3 is 2.33 bits per heavy atom. The molecule has 0 aromatic rings. The Morgan fingerprint density at radius 1 is 0.944 bits per heavy atom. The summed E-state index contributed by atoms with van der Waals surface area (Å²) in [5, 5.41) is 17.3. The number of hydrogen-bond donors (Lipinski definition) is 3. The van der Waals surface area contributed by atoms with Crippen LogP contribution in [0.25, 0.3) is 0 Å². The minimum absolute atomic E-state index is 0.0878. The lowest BCUT2D eigenvalue weighted by Gasteiger charge is -2.30. The highest BCUT2D eigenvalue weighted by atomic mass is 32.1. The average molecular weight is 268 g/mol. The van der Waals surface area contributed by atoms with Gasteiger partial charge in [0, 0.05) is 12.1 Å². The highest BCUT2D eigenvalue weighted by Gasteiger charge is 2.39. The summed E-state index contributed by atoms with van der Waals surface area (Å²) in [6, 6.07) is 1.09. The number of aliphatic hydroxyl groups excluding tert-OH is 1. The van der Waals surface area contributed by atoms with E-state index in [1.807, 2.05) is 0 Å². The molecule has 3 aliphatic rings. The zero-order chi connectivity index (χ0) is 12.5. The maximum absolute atomic E-state index is 9.49. The van der Waals surface area contributed by atoms with Gasteiger partial charge in [0.25, 0.3) is 0 Å². The number of fused-ring (bicyclic) bond motifs is 2. The summed E-state index contributed by atoms with van der Waals surface area (Å²) in [5.41, 5.74) is 0. The van der Waals surface area contributed by atoms with Crippen LogP contribution in [0.2, 0.25) is 0 Å². The fourth-order valence-corrected chi connectivity index (χ4v) is 4.36. The second-order valence-corrected chi connectivity index (χ2v) is 6.81. The number of thiocarbonyl (C=S) groups is 1. The molecule has 3 saturated carbocycles. The van der Waals surface area contributed by atoms with Crippen molar-refractivity contribution in [1.82, 2.24) is 10.6 Å². The molecule has 3 aliphatic carbocycles. The molecule has 0 spiro atoms. The minimum atomic E-state index is -0.0878. The topological polar surface area (TPSA) is 44.3 Å². The van der Waals surface area contributed by atoms with Gasteiger partial charge in [-0.15, -0.1) is 0 Å². The van der Waals surface area contributed by atoms with Crippen molar-refractivity contribution in [2.75, 3.05) is 0 Å². The van der Waals surface area contributed by atoms with Crippen molar-refractivity contribution >= 4 is 17.3 Å². The normalized spacial score (nSPS) is 42.8. The molecule has 0 radical (unpaired) electrons. The van der Waals surface area contributed by atoms with E-state index in [1.54, 1.807) is 0 Å². The highest BCUT2D eigenvalue weighted by Crippen LogP contribution is 2.44. The SMILES string of the molecule is OC1CCC(NC(=S)N[C@@H]2C[C@@H]3CC[C@H]2C3)CC1. The van der Waals surface area contributed by atoms with E-state index in [0.29, 0.717) is 12.1 Å². The number of hydrogen-bond acceptors (Lipinski definition) is 2. The van der Waals surface area contributed by atoms with Crippen molar-refractivity contribution in [3.05, 3.63) is 0 Å². The van der Waals surface area contributed by atoms with Gasteiger partial charge >= 0.3 is 0 Å². The van der Waals surface area contributed by atoms with E-state index in [-0.39, 0.29) is 6.10 Å². The highest BCUT2D eigenvalue weighted by molar-refractivity contribution is 7.80. The van der Waals surface area contributed by atoms with Gasteiger partial charge in [-0.2, -0.15) is 0 Å². The lowest BCUT2D eigenvalue weighted by atomic mass is 9.93. The predicted molar refractivity (Wildman–Crippen MR) is 76.4 cm³/mol. The molecule has 0 aromatic carbocycles. The maximum atomic E-state index is 9.49. The van der Waals surface area contributed by atoms with Crippen LogP contribution in [0.3, 0.4) is 0 Å². The molecule has 3 rings (SSSR count). The maximum Gasteiger partial charge on any atom is 0.166 e. The third kappa shape index (κ3) is 2.80. The van der Waals surface area contributed by atoms with Gasteiger partial charge in [-0.25, -0.2) is 0 Å². The summed E-state index contributed by atoms with van der Waals surface area (Å²) in [6.45, 7) is 0. The first-order chi connectivity index (χ1) is 8.70. The lowest BCUT2D eigenvalue weighted by molar-refractivity contribution is 0.120. The number of aliphatic hydroxyl groups is 1. The summed E-state index contributed by atoms with van der Waals surface area (Å²) in [7, 11) is 0. The van der Waals surface area contributed by atoms with E-state index < -0.39 is 0 Å².